The van der Waals surface area contributed by atoms with E-state index < -0.39 is 0 Å². The van der Waals surface area contributed by atoms with E-state index in [1.165, 1.54) is 0 Å². The second kappa shape index (κ2) is 5.01. The van der Waals surface area contributed by atoms with E-state index in [9.17, 15) is 5.11 Å². The molecule has 0 fully saturated rings. The summed E-state index contributed by atoms with van der Waals surface area (Å²) in [6.07, 6.45) is 0. The molecule has 1 unspecified atom stereocenters. The van der Waals surface area contributed by atoms with Crippen molar-refractivity contribution in [2.45, 2.75) is 19.8 Å². The molecule has 0 amide bonds. The lowest BCUT2D eigenvalue weighted by molar-refractivity contribution is 0.234. The Hall–Kier alpha value is -1.02. The van der Waals surface area contributed by atoms with Gasteiger partial charge in [-0.1, -0.05) is 32.0 Å². The molecular weight excluding hydrogens is 176 g/mol. The van der Waals surface area contributed by atoms with Gasteiger partial charge in [-0.25, -0.2) is 0 Å². The van der Waals surface area contributed by atoms with E-state index in [0.29, 0.717) is 5.92 Å². The van der Waals surface area contributed by atoms with Gasteiger partial charge in [-0.05, 0) is 17.5 Å². The summed E-state index contributed by atoms with van der Waals surface area (Å²) in [7, 11) is 1.66. The van der Waals surface area contributed by atoms with Crippen LogP contribution in [0.1, 0.15) is 25.3 Å². The summed E-state index contributed by atoms with van der Waals surface area (Å²) < 4.78 is 5.27. The Balaban J connectivity index is 3.02. The third kappa shape index (κ3) is 2.26. The van der Waals surface area contributed by atoms with E-state index >= 15 is 0 Å². The predicted molar refractivity (Wildman–Crippen MR) is 57.7 cm³/mol. The minimum absolute atomic E-state index is 0.158. The topological polar surface area (TPSA) is 29.5 Å². The van der Waals surface area contributed by atoms with Crippen molar-refractivity contribution in [2.24, 2.45) is 5.92 Å². The van der Waals surface area contributed by atoms with Gasteiger partial charge in [0.2, 0.25) is 0 Å². The number of rotatable bonds is 4. The van der Waals surface area contributed by atoms with Crippen molar-refractivity contribution < 1.29 is 9.84 Å². The monoisotopic (exact) mass is 194 g/mol. The molecule has 1 atom stereocenters. The predicted octanol–water partition coefficient (Wildman–Crippen LogP) is 2.43. The SMILES string of the molecule is COc1ccccc1C(CO)C(C)C. The Bertz CT molecular complexity index is 281. The highest BCUT2D eigenvalue weighted by Gasteiger charge is 2.17. The zero-order chi connectivity index (χ0) is 10.6. The van der Waals surface area contributed by atoms with Crippen molar-refractivity contribution in [2.75, 3.05) is 13.7 Å². The number of ether oxygens (including phenoxy) is 1. The van der Waals surface area contributed by atoms with Crippen LogP contribution in [0.2, 0.25) is 0 Å². The zero-order valence-corrected chi connectivity index (χ0v) is 9.03. The Morgan fingerprint density at radius 1 is 1.29 bits per heavy atom. The van der Waals surface area contributed by atoms with E-state index in [0.717, 1.165) is 11.3 Å². The molecule has 2 nitrogen and oxygen atoms in total. The fourth-order valence-electron chi connectivity index (χ4n) is 1.64. The van der Waals surface area contributed by atoms with E-state index in [2.05, 4.69) is 13.8 Å². The summed E-state index contributed by atoms with van der Waals surface area (Å²) in [5.74, 6) is 1.43. The van der Waals surface area contributed by atoms with Crippen molar-refractivity contribution in [1.82, 2.24) is 0 Å². The molecule has 0 spiro atoms. The smallest absolute Gasteiger partial charge is 0.122 e. The summed E-state index contributed by atoms with van der Waals surface area (Å²) in [6.45, 7) is 4.37. The van der Waals surface area contributed by atoms with Gasteiger partial charge in [-0.2, -0.15) is 0 Å². The minimum Gasteiger partial charge on any atom is -0.496 e. The molecule has 1 aromatic carbocycles. The molecule has 0 aliphatic rings. The van der Waals surface area contributed by atoms with Gasteiger partial charge >= 0.3 is 0 Å². The van der Waals surface area contributed by atoms with Crippen LogP contribution in [0.5, 0.6) is 5.75 Å². The zero-order valence-electron chi connectivity index (χ0n) is 9.03. The number of benzene rings is 1. The van der Waals surface area contributed by atoms with Gasteiger partial charge in [0.05, 0.1) is 13.7 Å². The number of para-hydroxylation sites is 1. The molecule has 1 N–H and O–H groups in total. The quantitative estimate of drug-likeness (QED) is 0.797. The number of aliphatic hydroxyl groups excluding tert-OH is 1. The fraction of sp³-hybridized carbons (Fsp3) is 0.500. The van der Waals surface area contributed by atoms with Gasteiger partial charge in [0.1, 0.15) is 5.75 Å². The molecule has 78 valence electrons. The van der Waals surface area contributed by atoms with E-state index in [1.807, 2.05) is 24.3 Å². The highest BCUT2D eigenvalue weighted by atomic mass is 16.5. The molecule has 1 aromatic rings. The van der Waals surface area contributed by atoms with Gasteiger partial charge < -0.3 is 9.84 Å². The largest absolute Gasteiger partial charge is 0.496 e. The van der Waals surface area contributed by atoms with Crippen molar-refractivity contribution in [3.05, 3.63) is 29.8 Å². The lowest BCUT2D eigenvalue weighted by Gasteiger charge is -2.20. The van der Waals surface area contributed by atoms with Gasteiger partial charge in [0, 0.05) is 5.92 Å². The Morgan fingerprint density at radius 3 is 2.43 bits per heavy atom. The van der Waals surface area contributed by atoms with Crippen LogP contribution in [-0.4, -0.2) is 18.8 Å². The number of methoxy groups -OCH3 is 1. The van der Waals surface area contributed by atoms with Crippen molar-refractivity contribution in [3.63, 3.8) is 0 Å². The first-order chi connectivity index (χ1) is 6.70. The van der Waals surface area contributed by atoms with Gasteiger partial charge in [0.15, 0.2) is 0 Å². The number of aliphatic hydroxyl groups is 1. The van der Waals surface area contributed by atoms with Crippen LogP contribution in [-0.2, 0) is 0 Å². The fourth-order valence-corrected chi connectivity index (χ4v) is 1.64. The summed E-state index contributed by atoms with van der Waals surface area (Å²) in [5, 5.41) is 9.31. The molecule has 0 saturated heterocycles. The summed E-state index contributed by atoms with van der Waals surface area (Å²) in [5.41, 5.74) is 1.09. The first-order valence-electron chi connectivity index (χ1n) is 4.94. The standard InChI is InChI=1S/C12H18O2/c1-9(2)11(8-13)10-6-4-5-7-12(10)14-3/h4-7,9,11,13H,8H2,1-3H3. The average molecular weight is 194 g/mol. The number of hydrogen-bond acceptors (Lipinski definition) is 2. The van der Waals surface area contributed by atoms with Crippen LogP contribution in [0.3, 0.4) is 0 Å². The molecule has 0 radical (unpaired) electrons. The second-order valence-corrected chi connectivity index (χ2v) is 3.78. The molecule has 0 saturated carbocycles. The van der Waals surface area contributed by atoms with Crippen molar-refractivity contribution in [1.29, 1.82) is 0 Å². The Kier molecular flexibility index (Phi) is 3.96. The van der Waals surface area contributed by atoms with Crippen molar-refractivity contribution in [3.8, 4) is 5.75 Å². The van der Waals surface area contributed by atoms with Crippen LogP contribution in [0.4, 0.5) is 0 Å². The van der Waals surface area contributed by atoms with Crippen LogP contribution < -0.4 is 4.74 Å². The van der Waals surface area contributed by atoms with Gasteiger partial charge in [0.25, 0.3) is 0 Å². The molecule has 14 heavy (non-hydrogen) atoms. The lowest BCUT2D eigenvalue weighted by atomic mass is 9.88. The normalized spacial score (nSPS) is 12.9. The first-order valence-corrected chi connectivity index (χ1v) is 4.94. The van der Waals surface area contributed by atoms with E-state index in [-0.39, 0.29) is 12.5 Å². The third-order valence-electron chi connectivity index (χ3n) is 2.54. The molecule has 0 aliphatic heterocycles. The highest BCUT2D eigenvalue weighted by molar-refractivity contribution is 5.36. The molecule has 0 bridgehead atoms. The summed E-state index contributed by atoms with van der Waals surface area (Å²) in [6, 6.07) is 7.86. The Morgan fingerprint density at radius 2 is 1.93 bits per heavy atom. The molecular formula is C12H18O2. The van der Waals surface area contributed by atoms with Gasteiger partial charge in [-0.3, -0.25) is 0 Å². The van der Waals surface area contributed by atoms with Crippen LogP contribution in [0.25, 0.3) is 0 Å². The summed E-state index contributed by atoms with van der Waals surface area (Å²) >= 11 is 0. The molecule has 2 heteroatoms. The Labute approximate surface area is 85.5 Å². The third-order valence-corrected chi connectivity index (χ3v) is 2.54. The molecule has 0 aromatic heterocycles. The minimum atomic E-state index is 0.158. The molecule has 0 heterocycles. The maximum Gasteiger partial charge on any atom is 0.122 e. The van der Waals surface area contributed by atoms with E-state index in [4.69, 9.17) is 4.74 Å². The van der Waals surface area contributed by atoms with Crippen LogP contribution in [0, 0.1) is 5.92 Å². The lowest BCUT2D eigenvalue weighted by Crippen LogP contribution is -2.12. The maximum atomic E-state index is 9.31. The number of hydrogen-bond donors (Lipinski definition) is 1. The molecule has 0 aliphatic carbocycles. The maximum absolute atomic E-state index is 9.31. The second-order valence-electron chi connectivity index (χ2n) is 3.78. The van der Waals surface area contributed by atoms with Crippen LogP contribution >= 0.6 is 0 Å². The average Bonchev–Trinajstić information content (AvgIpc) is 2.19. The highest BCUT2D eigenvalue weighted by Crippen LogP contribution is 2.31. The van der Waals surface area contributed by atoms with Crippen LogP contribution in [0.15, 0.2) is 24.3 Å². The molecule has 1 rings (SSSR count). The first kappa shape index (κ1) is 11.1. The summed E-state index contributed by atoms with van der Waals surface area (Å²) in [4.78, 5) is 0. The van der Waals surface area contributed by atoms with Crippen molar-refractivity contribution >= 4 is 0 Å². The van der Waals surface area contributed by atoms with E-state index in [1.54, 1.807) is 7.11 Å². The van der Waals surface area contributed by atoms with Gasteiger partial charge in [-0.15, -0.1) is 0 Å².